The average Bonchev–Trinajstić information content (AvgIpc) is 2.61. The van der Waals surface area contributed by atoms with E-state index in [4.69, 9.17) is 15.5 Å². The number of benzene rings is 2. The second-order valence-electron chi connectivity index (χ2n) is 5.08. The van der Waals surface area contributed by atoms with Crippen LogP contribution in [0.3, 0.4) is 0 Å². The fraction of sp³-hybridized carbons (Fsp3) is 0.235. The number of azide groups is 1. The highest BCUT2D eigenvalue weighted by Gasteiger charge is 2.31. The van der Waals surface area contributed by atoms with Crippen molar-refractivity contribution < 1.29 is 17.9 Å². The summed E-state index contributed by atoms with van der Waals surface area (Å²) in [6, 6.07) is 13.4. The number of alkyl halides is 3. The summed E-state index contributed by atoms with van der Waals surface area (Å²) in [5.74, 6) is -0.160. The van der Waals surface area contributed by atoms with E-state index in [1.165, 1.54) is 0 Å². The van der Waals surface area contributed by atoms with Crippen LogP contribution in [0.5, 0.6) is 5.75 Å². The molecule has 0 spiro atoms. The maximum absolute atomic E-state index is 12.9. The zero-order valence-electron chi connectivity index (χ0n) is 12.9. The molecule has 0 aliphatic rings. The van der Waals surface area contributed by atoms with E-state index in [1.54, 1.807) is 30.3 Å². The van der Waals surface area contributed by atoms with Gasteiger partial charge in [-0.2, -0.15) is 18.4 Å². The van der Waals surface area contributed by atoms with Crippen LogP contribution >= 0.6 is 0 Å². The van der Waals surface area contributed by atoms with Crippen LogP contribution in [0.2, 0.25) is 0 Å². The molecule has 25 heavy (non-hydrogen) atoms. The van der Waals surface area contributed by atoms with Gasteiger partial charge in [0.05, 0.1) is 11.1 Å². The number of halogens is 3. The molecule has 0 radical (unpaired) electrons. The number of nitriles is 1. The Balaban J connectivity index is 2.37. The molecule has 1 atom stereocenters. The zero-order valence-corrected chi connectivity index (χ0v) is 12.9. The van der Waals surface area contributed by atoms with Gasteiger partial charge in [-0.05, 0) is 35.7 Å². The van der Waals surface area contributed by atoms with Gasteiger partial charge in [-0.15, -0.1) is 0 Å². The highest BCUT2D eigenvalue weighted by molar-refractivity contribution is 5.46. The van der Waals surface area contributed by atoms with Crippen LogP contribution in [-0.4, -0.2) is 6.54 Å². The summed E-state index contributed by atoms with van der Waals surface area (Å²) >= 11 is 0. The van der Waals surface area contributed by atoms with Crippen LogP contribution in [0.4, 0.5) is 13.2 Å². The predicted octanol–water partition coefficient (Wildman–Crippen LogP) is 5.40. The normalized spacial score (nSPS) is 11.9. The van der Waals surface area contributed by atoms with E-state index in [1.807, 2.05) is 6.07 Å². The Hall–Kier alpha value is -3.17. The number of hydrogen-bond donors (Lipinski definition) is 0. The largest absolute Gasteiger partial charge is 0.484 e. The lowest BCUT2D eigenvalue weighted by Gasteiger charge is -2.20. The van der Waals surface area contributed by atoms with Crippen molar-refractivity contribution in [1.82, 2.24) is 0 Å². The Labute approximate surface area is 141 Å². The predicted molar refractivity (Wildman–Crippen MR) is 84.6 cm³/mol. The van der Waals surface area contributed by atoms with Gasteiger partial charge in [-0.1, -0.05) is 35.4 Å². The minimum Gasteiger partial charge on any atom is -0.484 e. The molecule has 0 fully saturated rings. The van der Waals surface area contributed by atoms with Crippen molar-refractivity contribution in [2.75, 3.05) is 6.54 Å². The number of ether oxygens (including phenoxy) is 1. The molecule has 5 nitrogen and oxygen atoms in total. The maximum Gasteiger partial charge on any atom is 0.416 e. The Morgan fingerprint density at radius 2 is 1.92 bits per heavy atom. The second-order valence-corrected chi connectivity index (χ2v) is 5.08. The maximum atomic E-state index is 12.9. The summed E-state index contributed by atoms with van der Waals surface area (Å²) in [5.41, 5.74) is 8.20. The molecule has 0 heterocycles. The van der Waals surface area contributed by atoms with Gasteiger partial charge < -0.3 is 4.74 Å². The lowest BCUT2D eigenvalue weighted by Crippen LogP contribution is -2.11. The third-order valence-corrected chi connectivity index (χ3v) is 3.42. The molecule has 2 rings (SSSR count). The van der Waals surface area contributed by atoms with Crippen LogP contribution in [-0.2, 0) is 6.18 Å². The van der Waals surface area contributed by atoms with Gasteiger partial charge in [0, 0.05) is 11.5 Å². The summed E-state index contributed by atoms with van der Waals surface area (Å²) in [6.45, 7) is 0.108. The summed E-state index contributed by atoms with van der Waals surface area (Å²) in [5, 5.41) is 12.6. The molecule has 0 aromatic heterocycles. The molecule has 0 amide bonds. The Morgan fingerprint density at radius 3 is 2.52 bits per heavy atom. The Bertz CT molecular complexity index is 809. The first kappa shape index (κ1) is 18.2. The van der Waals surface area contributed by atoms with Crippen molar-refractivity contribution in [1.29, 1.82) is 5.26 Å². The standard InChI is InChI=1S/C17H13F3N4O/c18-17(19,20)14-7-6-13(11-21)16(10-14)25-15(8-9-23-24-22)12-4-2-1-3-5-12/h1-7,10,15H,8-9H2/t15-/m1/s1. The first-order valence-electron chi connectivity index (χ1n) is 7.29. The summed E-state index contributed by atoms with van der Waals surface area (Å²) in [4.78, 5) is 2.66. The van der Waals surface area contributed by atoms with Crippen LogP contribution < -0.4 is 4.74 Å². The van der Waals surface area contributed by atoms with Crippen LogP contribution in [0.25, 0.3) is 10.4 Å². The number of hydrogen-bond acceptors (Lipinski definition) is 3. The van der Waals surface area contributed by atoms with Gasteiger partial charge in [0.25, 0.3) is 0 Å². The van der Waals surface area contributed by atoms with Gasteiger partial charge in [0.2, 0.25) is 0 Å². The molecular formula is C17H13F3N4O. The lowest BCUT2D eigenvalue weighted by molar-refractivity contribution is -0.137. The van der Waals surface area contributed by atoms with Gasteiger partial charge in [0.1, 0.15) is 17.9 Å². The van der Waals surface area contributed by atoms with Gasteiger partial charge in [-0.25, -0.2) is 0 Å². The Morgan fingerprint density at radius 1 is 1.20 bits per heavy atom. The van der Waals surface area contributed by atoms with Crippen molar-refractivity contribution >= 4 is 0 Å². The minimum absolute atomic E-state index is 0.00212. The zero-order chi connectivity index (χ0) is 18.3. The monoisotopic (exact) mass is 346 g/mol. The fourth-order valence-corrected chi connectivity index (χ4v) is 2.22. The van der Waals surface area contributed by atoms with Gasteiger partial charge in [-0.3, -0.25) is 0 Å². The van der Waals surface area contributed by atoms with Gasteiger partial charge in [0.15, 0.2) is 0 Å². The van der Waals surface area contributed by atoms with Crippen LogP contribution in [0.1, 0.15) is 29.2 Å². The highest BCUT2D eigenvalue weighted by Crippen LogP contribution is 2.35. The highest BCUT2D eigenvalue weighted by atomic mass is 19.4. The molecule has 2 aromatic carbocycles. The SMILES string of the molecule is N#Cc1ccc(C(F)(F)F)cc1O[C@H](CCN=[N+]=[N-])c1ccccc1. The third kappa shape index (κ3) is 4.90. The molecule has 2 aromatic rings. The molecule has 0 bridgehead atoms. The quantitative estimate of drug-likeness (QED) is 0.399. The first-order chi connectivity index (χ1) is 12.0. The molecule has 128 valence electrons. The van der Waals surface area contributed by atoms with E-state index in [-0.39, 0.29) is 24.3 Å². The minimum atomic E-state index is -4.54. The fourth-order valence-electron chi connectivity index (χ4n) is 2.22. The lowest BCUT2D eigenvalue weighted by atomic mass is 10.1. The third-order valence-electron chi connectivity index (χ3n) is 3.42. The van der Waals surface area contributed by atoms with Crippen LogP contribution in [0, 0.1) is 11.3 Å². The van der Waals surface area contributed by atoms with Crippen molar-refractivity contribution in [3.8, 4) is 11.8 Å². The van der Waals surface area contributed by atoms with Crippen molar-refractivity contribution in [3.05, 3.63) is 75.7 Å². The topological polar surface area (TPSA) is 81.8 Å². The summed E-state index contributed by atoms with van der Waals surface area (Å²) < 4.78 is 44.5. The van der Waals surface area contributed by atoms with Gasteiger partial charge >= 0.3 is 6.18 Å². The molecule has 0 N–H and O–H groups in total. The molecule has 0 aliphatic carbocycles. The molecule has 0 saturated carbocycles. The smallest absolute Gasteiger partial charge is 0.416 e. The molecule has 0 aliphatic heterocycles. The van der Waals surface area contributed by atoms with E-state index in [9.17, 15) is 13.2 Å². The molecule has 8 heteroatoms. The van der Waals surface area contributed by atoms with Crippen molar-refractivity contribution in [3.63, 3.8) is 0 Å². The summed E-state index contributed by atoms with van der Waals surface area (Å²) in [7, 11) is 0. The molecular weight excluding hydrogens is 333 g/mol. The molecule has 0 unspecified atom stereocenters. The van der Waals surface area contributed by atoms with E-state index in [2.05, 4.69) is 10.0 Å². The van der Waals surface area contributed by atoms with Crippen molar-refractivity contribution in [2.45, 2.75) is 18.7 Å². The summed E-state index contributed by atoms with van der Waals surface area (Å²) in [6.07, 6.45) is -4.93. The number of rotatable bonds is 6. The first-order valence-corrected chi connectivity index (χ1v) is 7.29. The van der Waals surface area contributed by atoms with E-state index < -0.39 is 17.8 Å². The van der Waals surface area contributed by atoms with E-state index in [0.717, 1.165) is 18.2 Å². The Kier molecular flexibility index (Phi) is 5.88. The average molecular weight is 346 g/mol. The van der Waals surface area contributed by atoms with Crippen LogP contribution in [0.15, 0.2) is 53.6 Å². The second kappa shape index (κ2) is 8.08. The number of nitrogens with zero attached hydrogens (tertiary/aromatic N) is 4. The molecule has 0 saturated heterocycles. The van der Waals surface area contributed by atoms with Crippen molar-refractivity contribution in [2.24, 2.45) is 5.11 Å². The van der Waals surface area contributed by atoms with E-state index in [0.29, 0.717) is 5.56 Å². The van der Waals surface area contributed by atoms with E-state index >= 15 is 0 Å².